The van der Waals surface area contributed by atoms with Crippen molar-refractivity contribution in [2.75, 3.05) is 6.61 Å². The van der Waals surface area contributed by atoms with E-state index in [9.17, 15) is 4.39 Å². The smallest absolute Gasteiger partial charge is 0.142 e. The maximum atomic E-state index is 14.1. The molecule has 1 fully saturated rings. The first-order valence-corrected chi connectivity index (χ1v) is 10.8. The summed E-state index contributed by atoms with van der Waals surface area (Å²) in [4.78, 5) is 0. The van der Waals surface area contributed by atoms with Crippen LogP contribution in [0.4, 0.5) is 4.39 Å². The van der Waals surface area contributed by atoms with Gasteiger partial charge in [-0.15, -0.1) is 0 Å². The zero-order chi connectivity index (χ0) is 19.3. The predicted molar refractivity (Wildman–Crippen MR) is 112 cm³/mol. The van der Waals surface area contributed by atoms with Crippen molar-refractivity contribution in [2.45, 2.75) is 78.1 Å². The molecule has 0 spiro atoms. The van der Waals surface area contributed by atoms with Crippen LogP contribution in [0, 0.1) is 29.5 Å². The molecule has 1 saturated carbocycles. The highest BCUT2D eigenvalue weighted by molar-refractivity contribution is 5.41. The van der Waals surface area contributed by atoms with Crippen LogP contribution in [0.15, 0.2) is 30.4 Å². The Kier molecular flexibility index (Phi) is 10.1. The van der Waals surface area contributed by atoms with Crippen molar-refractivity contribution >= 4 is 0 Å². The second-order valence-corrected chi connectivity index (χ2v) is 7.75. The number of ether oxygens (including phenoxy) is 1. The van der Waals surface area contributed by atoms with Crippen LogP contribution in [0.2, 0.25) is 0 Å². The van der Waals surface area contributed by atoms with E-state index in [-0.39, 0.29) is 5.82 Å². The van der Waals surface area contributed by atoms with E-state index in [4.69, 9.17) is 4.74 Å². The van der Waals surface area contributed by atoms with Crippen molar-refractivity contribution in [2.24, 2.45) is 11.8 Å². The highest BCUT2D eigenvalue weighted by Gasteiger charge is 2.18. The zero-order valence-corrected chi connectivity index (χ0v) is 17.1. The molecule has 0 radical (unpaired) electrons. The van der Waals surface area contributed by atoms with Gasteiger partial charge in [-0.25, -0.2) is 4.39 Å². The predicted octanol–water partition coefficient (Wildman–Crippen LogP) is 7.30. The molecule has 2 rings (SSSR count). The lowest BCUT2D eigenvalue weighted by Crippen LogP contribution is -2.12. The molecule has 0 atom stereocenters. The molecular weight excluding hydrogens is 335 g/mol. The Morgan fingerprint density at radius 3 is 2.56 bits per heavy atom. The molecule has 1 aliphatic carbocycles. The van der Waals surface area contributed by atoms with E-state index in [1.165, 1.54) is 51.0 Å². The van der Waals surface area contributed by atoms with Crippen LogP contribution in [0.3, 0.4) is 0 Å². The largest absolute Gasteiger partial charge is 0.493 e. The number of unbranched alkanes of at least 4 members (excludes halogenated alkanes) is 3. The molecule has 0 aromatic heterocycles. The summed E-state index contributed by atoms with van der Waals surface area (Å²) >= 11 is 0. The van der Waals surface area contributed by atoms with Gasteiger partial charge >= 0.3 is 0 Å². The normalized spacial score (nSPS) is 19.7. The molecule has 0 heterocycles. The molecule has 0 aliphatic heterocycles. The van der Waals surface area contributed by atoms with Crippen LogP contribution in [0.5, 0.6) is 5.75 Å². The molecule has 1 aromatic carbocycles. The number of rotatable bonds is 9. The monoisotopic (exact) mass is 370 g/mol. The zero-order valence-electron chi connectivity index (χ0n) is 17.1. The van der Waals surface area contributed by atoms with E-state index >= 15 is 0 Å². The fourth-order valence-corrected chi connectivity index (χ4v) is 3.69. The molecule has 2 heteroatoms. The summed E-state index contributed by atoms with van der Waals surface area (Å²) in [5.74, 6) is 7.78. The Morgan fingerprint density at radius 2 is 1.85 bits per heavy atom. The van der Waals surface area contributed by atoms with Crippen molar-refractivity contribution in [3.8, 4) is 17.6 Å². The Hall–Kier alpha value is -1.75. The lowest BCUT2D eigenvalue weighted by Gasteiger charge is -2.26. The highest BCUT2D eigenvalue weighted by Crippen LogP contribution is 2.32. The van der Waals surface area contributed by atoms with Gasteiger partial charge in [0, 0.05) is 6.07 Å². The lowest BCUT2D eigenvalue weighted by molar-refractivity contribution is 0.291. The molecular formula is C25H35FO. The van der Waals surface area contributed by atoms with Gasteiger partial charge < -0.3 is 4.74 Å². The number of allylic oxidation sites excluding steroid dienone is 2. The molecule has 27 heavy (non-hydrogen) atoms. The number of hydrogen-bond donors (Lipinski definition) is 0. The van der Waals surface area contributed by atoms with Gasteiger partial charge in [0.15, 0.2) is 0 Å². The van der Waals surface area contributed by atoms with E-state index in [2.05, 4.69) is 31.8 Å². The van der Waals surface area contributed by atoms with Gasteiger partial charge in [-0.3, -0.25) is 0 Å². The van der Waals surface area contributed by atoms with Crippen LogP contribution in [0.25, 0.3) is 0 Å². The molecule has 148 valence electrons. The number of hydrogen-bond acceptors (Lipinski definition) is 1. The van der Waals surface area contributed by atoms with Crippen molar-refractivity contribution in [1.82, 2.24) is 0 Å². The summed E-state index contributed by atoms with van der Waals surface area (Å²) in [5.41, 5.74) is 0.434. The maximum Gasteiger partial charge on any atom is 0.142 e. The molecule has 0 bridgehead atoms. The summed E-state index contributed by atoms with van der Waals surface area (Å²) in [6.45, 7) is 5.06. The quantitative estimate of drug-likeness (QED) is 0.327. The second kappa shape index (κ2) is 12.6. The van der Waals surface area contributed by atoms with Gasteiger partial charge in [-0.2, -0.15) is 0 Å². The molecule has 1 aliphatic rings. The van der Waals surface area contributed by atoms with E-state index < -0.39 is 0 Å². The van der Waals surface area contributed by atoms with Crippen molar-refractivity contribution in [1.29, 1.82) is 0 Å². The molecule has 1 aromatic rings. The van der Waals surface area contributed by atoms with E-state index in [1.54, 1.807) is 12.1 Å². The second-order valence-electron chi connectivity index (χ2n) is 7.75. The van der Waals surface area contributed by atoms with Crippen molar-refractivity contribution in [3.63, 3.8) is 0 Å². The minimum Gasteiger partial charge on any atom is -0.493 e. The topological polar surface area (TPSA) is 9.23 Å². The van der Waals surface area contributed by atoms with Gasteiger partial charge in [0.05, 0.1) is 12.2 Å². The maximum absolute atomic E-state index is 14.1. The molecule has 0 N–H and O–H groups in total. The summed E-state index contributed by atoms with van der Waals surface area (Å²) < 4.78 is 19.7. The van der Waals surface area contributed by atoms with Crippen molar-refractivity contribution < 1.29 is 9.13 Å². The van der Waals surface area contributed by atoms with Crippen molar-refractivity contribution in [3.05, 3.63) is 41.7 Å². The molecule has 1 nitrogen and oxygen atoms in total. The van der Waals surface area contributed by atoms with Gasteiger partial charge in [-0.05, 0) is 62.1 Å². The Labute approximate surface area is 165 Å². The SMILES string of the molecule is CCCCCOc1ccc(C#C/C=C/[C@H]2CC[C@H](CCCC)CC2)c(F)c1. The van der Waals surface area contributed by atoms with Gasteiger partial charge in [0.1, 0.15) is 11.6 Å². The summed E-state index contributed by atoms with van der Waals surface area (Å²) in [6.07, 6.45) is 16.7. The molecule has 0 saturated heterocycles. The van der Waals surface area contributed by atoms with E-state index in [0.717, 1.165) is 25.2 Å². The van der Waals surface area contributed by atoms with E-state index in [1.807, 2.05) is 6.08 Å². The standard InChI is InChI=1S/C25H35FO/c1-3-5-9-19-27-24-18-17-23(25(26)20-24)12-8-7-11-22-15-13-21(14-16-22)10-6-4-2/h7,11,17-18,20-22H,3-6,9-10,13-16,19H2,1-2H3/b11-7+/t21-,22-. The van der Waals surface area contributed by atoms with Gasteiger partial charge in [-0.1, -0.05) is 63.9 Å². The third-order valence-corrected chi connectivity index (χ3v) is 5.47. The van der Waals surface area contributed by atoms with Gasteiger partial charge in [0.2, 0.25) is 0 Å². The number of halogens is 1. The minimum atomic E-state index is -0.305. The molecule has 0 unspecified atom stereocenters. The highest BCUT2D eigenvalue weighted by atomic mass is 19.1. The van der Waals surface area contributed by atoms with E-state index in [0.29, 0.717) is 23.8 Å². The fourth-order valence-electron chi connectivity index (χ4n) is 3.69. The van der Waals surface area contributed by atoms with Crippen LogP contribution < -0.4 is 4.74 Å². The number of benzene rings is 1. The summed E-state index contributed by atoms with van der Waals surface area (Å²) in [5, 5.41) is 0. The minimum absolute atomic E-state index is 0.305. The van der Waals surface area contributed by atoms with Crippen LogP contribution in [0.1, 0.15) is 83.6 Å². The first-order chi connectivity index (χ1) is 13.2. The summed E-state index contributed by atoms with van der Waals surface area (Å²) in [7, 11) is 0. The molecule has 0 amide bonds. The lowest BCUT2D eigenvalue weighted by atomic mass is 9.80. The fraction of sp³-hybridized carbons (Fsp3) is 0.600. The third kappa shape index (κ3) is 8.21. The first kappa shape index (κ1) is 21.5. The summed E-state index contributed by atoms with van der Waals surface area (Å²) in [6, 6.07) is 4.96. The Morgan fingerprint density at radius 1 is 1.07 bits per heavy atom. The first-order valence-electron chi connectivity index (χ1n) is 10.8. The van der Waals surface area contributed by atoms with Gasteiger partial charge in [0.25, 0.3) is 0 Å². The Bertz CT molecular complexity index is 629. The van der Waals surface area contributed by atoms with Crippen LogP contribution >= 0.6 is 0 Å². The van der Waals surface area contributed by atoms with Crippen LogP contribution in [-0.4, -0.2) is 6.61 Å². The third-order valence-electron chi connectivity index (χ3n) is 5.47. The average molecular weight is 371 g/mol. The average Bonchev–Trinajstić information content (AvgIpc) is 2.69. The Balaban J connectivity index is 1.77. The van der Waals surface area contributed by atoms with Crippen LogP contribution in [-0.2, 0) is 0 Å².